The number of hydrogen-bond donors (Lipinski definition) is 2. The van der Waals surface area contributed by atoms with Crippen molar-refractivity contribution in [2.75, 3.05) is 31.2 Å². The Labute approximate surface area is 223 Å². The second kappa shape index (κ2) is 10.5. The minimum absolute atomic E-state index is 0.0641. The van der Waals surface area contributed by atoms with Crippen molar-refractivity contribution < 1.29 is 14.6 Å². The van der Waals surface area contributed by atoms with Crippen molar-refractivity contribution in [2.45, 2.75) is 13.0 Å². The third-order valence-electron chi connectivity index (χ3n) is 6.98. The Kier molecular flexibility index (Phi) is 6.60. The molecule has 1 fully saturated rings. The molecule has 39 heavy (non-hydrogen) atoms. The Bertz CT molecular complexity index is 1710. The molecule has 3 aromatic heterocycles. The molecule has 1 saturated heterocycles. The molecule has 0 unspecified atom stereocenters. The van der Waals surface area contributed by atoms with Crippen molar-refractivity contribution in [3.8, 4) is 11.3 Å². The first kappa shape index (κ1) is 24.5. The number of nitrogens with one attached hydrogen (secondary N) is 1. The van der Waals surface area contributed by atoms with Gasteiger partial charge in [-0.05, 0) is 47.4 Å². The number of anilines is 1. The molecule has 196 valence electrons. The summed E-state index contributed by atoms with van der Waals surface area (Å²) in [6, 6.07) is 16.2. The largest absolute Gasteiger partial charge is 0.478 e. The average molecular weight is 523 g/mol. The fraction of sp³-hybridized carbons (Fsp3) is 0.207. The van der Waals surface area contributed by atoms with Gasteiger partial charge >= 0.3 is 5.97 Å². The number of rotatable bonds is 7. The van der Waals surface area contributed by atoms with E-state index in [0.29, 0.717) is 55.9 Å². The fourth-order valence-electron chi connectivity index (χ4n) is 5.02. The first-order valence-electron chi connectivity index (χ1n) is 12.7. The molecule has 10 nitrogen and oxygen atoms in total. The van der Waals surface area contributed by atoms with E-state index >= 15 is 0 Å². The molecule has 6 rings (SSSR count). The number of aromatic amines is 1. The predicted octanol–water partition coefficient (Wildman–Crippen LogP) is 3.36. The van der Waals surface area contributed by atoms with Crippen LogP contribution >= 0.6 is 0 Å². The third kappa shape index (κ3) is 5.01. The number of pyridine rings is 2. The zero-order chi connectivity index (χ0) is 26.8. The van der Waals surface area contributed by atoms with Gasteiger partial charge in [-0.2, -0.15) is 0 Å². The van der Waals surface area contributed by atoms with Gasteiger partial charge in [0.2, 0.25) is 0 Å². The highest BCUT2D eigenvalue weighted by atomic mass is 16.5. The number of carboxylic acids is 1. The van der Waals surface area contributed by atoms with Gasteiger partial charge in [-0.3, -0.25) is 9.78 Å². The van der Waals surface area contributed by atoms with Crippen LogP contribution in [-0.2, 0) is 17.7 Å². The number of ether oxygens (including phenoxy) is 1. The molecule has 0 spiro atoms. The molecule has 1 aliphatic heterocycles. The zero-order valence-corrected chi connectivity index (χ0v) is 21.1. The topological polar surface area (TPSA) is 126 Å². The molecule has 0 amide bonds. The lowest BCUT2D eigenvalue weighted by molar-refractivity contribution is 0.0695. The van der Waals surface area contributed by atoms with Crippen LogP contribution in [-0.4, -0.2) is 62.3 Å². The van der Waals surface area contributed by atoms with Crippen LogP contribution in [0, 0.1) is 0 Å². The smallest absolute Gasteiger partial charge is 0.335 e. The molecule has 5 aromatic rings. The molecule has 2 aromatic carbocycles. The Morgan fingerprint density at radius 1 is 1.05 bits per heavy atom. The maximum absolute atomic E-state index is 13.0. The van der Waals surface area contributed by atoms with Crippen molar-refractivity contribution >= 4 is 22.7 Å². The first-order chi connectivity index (χ1) is 19.1. The molecule has 0 saturated carbocycles. The summed E-state index contributed by atoms with van der Waals surface area (Å²) < 4.78 is 7.15. The molecule has 1 aliphatic rings. The number of hydrogen-bond acceptors (Lipinski definition) is 7. The zero-order valence-electron chi connectivity index (χ0n) is 21.1. The van der Waals surface area contributed by atoms with Crippen LogP contribution < -0.4 is 10.3 Å². The molecule has 10 heteroatoms. The summed E-state index contributed by atoms with van der Waals surface area (Å²) in [6.07, 6.45) is 5.66. The van der Waals surface area contributed by atoms with Crippen LogP contribution in [0.2, 0.25) is 0 Å². The monoisotopic (exact) mass is 522 g/mol. The molecule has 4 heterocycles. The second-order valence-corrected chi connectivity index (χ2v) is 9.43. The first-order valence-corrected chi connectivity index (χ1v) is 12.7. The van der Waals surface area contributed by atoms with E-state index in [4.69, 9.17) is 4.74 Å². The molecular weight excluding hydrogens is 496 g/mol. The van der Waals surface area contributed by atoms with Crippen LogP contribution in [0.5, 0.6) is 0 Å². The number of nitrogens with zero attached hydrogens (tertiary/aromatic N) is 5. The Morgan fingerprint density at radius 2 is 1.85 bits per heavy atom. The van der Waals surface area contributed by atoms with Crippen molar-refractivity contribution in [1.82, 2.24) is 25.0 Å². The van der Waals surface area contributed by atoms with Crippen molar-refractivity contribution in [1.29, 1.82) is 0 Å². The van der Waals surface area contributed by atoms with Crippen LogP contribution in [0.3, 0.4) is 0 Å². The molecular formula is C29H26N6O4. The van der Waals surface area contributed by atoms with Gasteiger partial charge in [-0.1, -0.05) is 29.5 Å². The van der Waals surface area contributed by atoms with Gasteiger partial charge in [-0.25, -0.2) is 9.48 Å². The summed E-state index contributed by atoms with van der Waals surface area (Å²) in [7, 11) is 0. The van der Waals surface area contributed by atoms with E-state index in [1.54, 1.807) is 41.3 Å². The van der Waals surface area contributed by atoms with Gasteiger partial charge in [0.25, 0.3) is 0 Å². The predicted molar refractivity (Wildman–Crippen MR) is 146 cm³/mol. The minimum Gasteiger partial charge on any atom is -0.478 e. The van der Waals surface area contributed by atoms with E-state index in [1.165, 1.54) is 0 Å². The number of carbonyl (C=O) groups is 1. The number of morpholine rings is 1. The van der Waals surface area contributed by atoms with Crippen LogP contribution in [0.25, 0.3) is 22.2 Å². The number of H-pyrrole nitrogens is 1. The van der Waals surface area contributed by atoms with Crippen LogP contribution in [0.4, 0.5) is 5.82 Å². The summed E-state index contributed by atoms with van der Waals surface area (Å²) in [5.74, 6) is -0.224. The molecule has 0 radical (unpaired) electrons. The van der Waals surface area contributed by atoms with Crippen LogP contribution in [0.15, 0.2) is 78.0 Å². The molecule has 0 aliphatic carbocycles. The van der Waals surface area contributed by atoms with Gasteiger partial charge in [0, 0.05) is 42.5 Å². The van der Waals surface area contributed by atoms with E-state index in [1.807, 2.05) is 36.5 Å². The van der Waals surface area contributed by atoms with E-state index in [9.17, 15) is 14.7 Å². The second-order valence-electron chi connectivity index (χ2n) is 9.43. The number of benzene rings is 2. The van der Waals surface area contributed by atoms with Gasteiger partial charge in [0.05, 0.1) is 37.0 Å². The number of aromatic nitrogens is 5. The van der Waals surface area contributed by atoms with Crippen molar-refractivity contribution in [3.63, 3.8) is 0 Å². The van der Waals surface area contributed by atoms with E-state index in [0.717, 1.165) is 28.1 Å². The van der Waals surface area contributed by atoms with E-state index in [-0.39, 0.29) is 11.0 Å². The quantitative estimate of drug-likeness (QED) is 0.333. The van der Waals surface area contributed by atoms with Gasteiger partial charge in [0.1, 0.15) is 11.5 Å². The van der Waals surface area contributed by atoms with Crippen LogP contribution in [0.1, 0.15) is 27.0 Å². The molecule has 0 bridgehead atoms. The van der Waals surface area contributed by atoms with Crippen molar-refractivity contribution in [2.24, 2.45) is 0 Å². The molecule has 2 N–H and O–H groups in total. The number of fused-ring (bicyclic) bond motifs is 1. The lowest BCUT2D eigenvalue weighted by Gasteiger charge is -2.28. The third-order valence-corrected chi connectivity index (χ3v) is 6.98. The van der Waals surface area contributed by atoms with Gasteiger partial charge < -0.3 is 19.7 Å². The molecule has 0 atom stereocenters. The lowest BCUT2D eigenvalue weighted by atomic mass is 9.95. The highest BCUT2D eigenvalue weighted by Gasteiger charge is 2.18. The Balaban J connectivity index is 1.35. The number of carboxylic acid groups (broad SMARTS) is 1. The number of para-hydroxylation sites is 1. The highest BCUT2D eigenvalue weighted by molar-refractivity contribution is 5.93. The van der Waals surface area contributed by atoms with Crippen molar-refractivity contribution in [3.05, 3.63) is 106 Å². The normalized spacial score (nSPS) is 13.6. The van der Waals surface area contributed by atoms with Gasteiger partial charge in [-0.15, -0.1) is 5.10 Å². The summed E-state index contributed by atoms with van der Waals surface area (Å²) in [4.78, 5) is 34.6. The number of aromatic carboxylic acids is 1. The maximum Gasteiger partial charge on any atom is 0.335 e. The summed E-state index contributed by atoms with van der Waals surface area (Å²) >= 11 is 0. The lowest BCUT2D eigenvalue weighted by Crippen LogP contribution is -2.37. The highest BCUT2D eigenvalue weighted by Crippen LogP contribution is 2.27. The standard InChI is InChI=1S/C29H26N6O4/c36-26-16-27(34-11-13-39-14-12-34)31-28-22(5-2-6-23(26)28)25-18-35(33-32-25)17-20-3-1-4-21(29(37)38)24(20)15-19-7-9-30-10-8-19/h1-10,16,18H,11-15,17H2,(H,31,36)(H,37,38). The Morgan fingerprint density at radius 3 is 2.64 bits per heavy atom. The summed E-state index contributed by atoms with van der Waals surface area (Å²) in [5.41, 5.74) is 4.79. The maximum atomic E-state index is 13.0. The van der Waals surface area contributed by atoms with Gasteiger partial charge in [0.15, 0.2) is 5.43 Å². The minimum atomic E-state index is -0.976. The van der Waals surface area contributed by atoms with E-state index in [2.05, 4.69) is 25.2 Å². The summed E-state index contributed by atoms with van der Waals surface area (Å²) in [6.45, 7) is 2.98. The SMILES string of the molecule is O=C(O)c1cccc(Cn2cc(-c3cccc4c(=O)cc(N5CCOCC5)[nH]c34)nn2)c1Cc1ccncc1. The fourth-order valence-corrected chi connectivity index (χ4v) is 5.02. The summed E-state index contributed by atoms with van der Waals surface area (Å²) in [5, 5.41) is 19.2. The Hall–Kier alpha value is -4.83. The van der Waals surface area contributed by atoms with E-state index < -0.39 is 5.97 Å². The average Bonchev–Trinajstić information content (AvgIpc) is 3.43.